The van der Waals surface area contributed by atoms with Gasteiger partial charge in [-0.3, -0.25) is 4.90 Å². The molecule has 1 fully saturated rings. The van der Waals surface area contributed by atoms with Gasteiger partial charge in [0.1, 0.15) is 11.6 Å². The second-order valence-electron chi connectivity index (χ2n) is 6.17. The Bertz CT molecular complexity index is 807. The van der Waals surface area contributed by atoms with Crippen molar-refractivity contribution in [1.82, 2.24) is 19.6 Å². The van der Waals surface area contributed by atoms with E-state index in [2.05, 4.69) is 44.7 Å². The Morgan fingerprint density at radius 3 is 2.68 bits per heavy atom. The van der Waals surface area contributed by atoms with E-state index in [1.165, 1.54) is 11.1 Å². The van der Waals surface area contributed by atoms with Crippen LogP contribution in [0.1, 0.15) is 28.9 Å². The Hall–Kier alpha value is -2.14. The maximum Gasteiger partial charge on any atom is 0.138 e. The van der Waals surface area contributed by atoms with E-state index in [0.717, 1.165) is 42.4 Å². The molecule has 3 aromatic rings. The number of aromatic nitrogens is 3. The molecule has 0 spiro atoms. The Morgan fingerprint density at radius 2 is 1.95 bits per heavy atom. The standard InChI is InChI=1S/C17H20N4O/c1-11-15(12(2)22-19-11)10-20-8-14(9-20)21-13(3)18-16-6-4-5-7-17(16)21/h4-7,14H,8-10H2,1-3H3. The third kappa shape index (κ3) is 2.04. The summed E-state index contributed by atoms with van der Waals surface area (Å²) in [7, 11) is 0. The zero-order chi connectivity index (χ0) is 15.3. The quantitative estimate of drug-likeness (QED) is 0.745. The van der Waals surface area contributed by atoms with Gasteiger partial charge in [-0.05, 0) is 32.9 Å². The molecule has 4 rings (SSSR count). The van der Waals surface area contributed by atoms with E-state index >= 15 is 0 Å². The number of benzene rings is 1. The number of nitrogens with zero attached hydrogens (tertiary/aromatic N) is 4. The highest BCUT2D eigenvalue weighted by Gasteiger charge is 2.31. The molecule has 5 heteroatoms. The van der Waals surface area contributed by atoms with Crippen molar-refractivity contribution in [2.24, 2.45) is 0 Å². The molecule has 0 N–H and O–H groups in total. The van der Waals surface area contributed by atoms with Gasteiger partial charge in [-0.2, -0.15) is 0 Å². The lowest BCUT2D eigenvalue weighted by Gasteiger charge is -2.40. The second kappa shape index (κ2) is 4.95. The van der Waals surface area contributed by atoms with Crippen LogP contribution in [-0.4, -0.2) is 32.7 Å². The normalized spacial score (nSPS) is 16.3. The SMILES string of the molecule is Cc1noc(C)c1CN1CC(n2c(C)nc3ccccc32)C1. The smallest absolute Gasteiger partial charge is 0.138 e. The molecule has 0 bridgehead atoms. The highest BCUT2D eigenvalue weighted by molar-refractivity contribution is 5.76. The van der Waals surface area contributed by atoms with E-state index in [4.69, 9.17) is 4.52 Å². The third-order valence-electron chi connectivity index (χ3n) is 4.64. The van der Waals surface area contributed by atoms with E-state index in [0.29, 0.717) is 6.04 Å². The fourth-order valence-corrected chi connectivity index (χ4v) is 3.41. The van der Waals surface area contributed by atoms with Gasteiger partial charge in [0.2, 0.25) is 0 Å². The van der Waals surface area contributed by atoms with E-state index < -0.39 is 0 Å². The van der Waals surface area contributed by atoms with Crippen LogP contribution in [0, 0.1) is 20.8 Å². The number of para-hydroxylation sites is 2. The predicted octanol–water partition coefficient (Wildman–Crippen LogP) is 3.01. The van der Waals surface area contributed by atoms with Crippen LogP contribution >= 0.6 is 0 Å². The molecule has 1 aromatic carbocycles. The molecule has 1 saturated heterocycles. The van der Waals surface area contributed by atoms with Gasteiger partial charge >= 0.3 is 0 Å². The molecular formula is C17H20N4O. The first-order valence-electron chi connectivity index (χ1n) is 7.71. The number of rotatable bonds is 3. The molecule has 0 atom stereocenters. The molecule has 1 aliphatic rings. The van der Waals surface area contributed by atoms with Crippen molar-refractivity contribution in [2.45, 2.75) is 33.4 Å². The minimum Gasteiger partial charge on any atom is -0.361 e. The average Bonchev–Trinajstić information content (AvgIpc) is 2.95. The Labute approximate surface area is 129 Å². The molecule has 22 heavy (non-hydrogen) atoms. The van der Waals surface area contributed by atoms with Gasteiger partial charge in [-0.25, -0.2) is 4.98 Å². The van der Waals surface area contributed by atoms with Crippen molar-refractivity contribution in [3.63, 3.8) is 0 Å². The maximum atomic E-state index is 5.25. The van der Waals surface area contributed by atoms with Crippen LogP contribution in [0.25, 0.3) is 11.0 Å². The maximum absolute atomic E-state index is 5.25. The molecule has 114 valence electrons. The molecular weight excluding hydrogens is 276 g/mol. The molecule has 2 aromatic heterocycles. The predicted molar refractivity (Wildman–Crippen MR) is 84.8 cm³/mol. The summed E-state index contributed by atoms with van der Waals surface area (Å²) in [5, 5.41) is 4.03. The summed E-state index contributed by atoms with van der Waals surface area (Å²) in [6.07, 6.45) is 0. The number of likely N-dealkylation sites (tertiary alicyclic amines) is 1. The van der Waals surface area contributed by atoms with Crippen LogP contribution in [0.3, 0.4) is 0 Å². The van der Waals surface area contributed by atoms with Gasteiger partial charge in [0.25, 0.3) is 0 Å². The van der Waals surface area contributed by atoms with Crippen LogP contribution in [0.5, 0.6) is 0 Å². The summed E-state index contributed by atoms with van der Waals surface area (Å²) < 4.78 is 7.62. The molecule has 1 aliphatic heterocycles. The number of imidazole rings is 1. The van der Waals surface area contributed by atoms with Gasteiger partial charge in [0.05, 0.1) is 22.8 Å². The van der Waals surface area contributed by atoms with Gasteiger partial charge < -0.3 is 9.09 Å². The van der Waals surface area contributed by atoms with E-state index in [1.807, 2.05) is 19.9 Å². The third-order valence-corrected chi connectivity index (χ3v) is 4.64. The summed E-state index contributed by atoms with van der Waals surface area (Å²) in [6, 6.07) is 8.88. The van der Waals surface area contributed by atoms with Crippen molar-refractivity contribution in [1.29, 1.82) is 0 Å². The van der Waals surface area contributed by atoms with Crippen molar-refractivity contribution in [3.05, 3.63) is 47.1 Å². The monoisotopic (exact) mass is 296 g/mol. The molecule has 0 saturated carbocycles. The zero-order valence-corrected chi connectivity index (χ0v) is 13.2. The Balaban J connectivity index is 1.52. The van der Waals surface area contributed by atoms with Gasteiger partial charge in [0, 0.05) is 25.2 Å². The Kier molecular flexibility index (Phi) is 3.04. The topological polar surface area (TPSA) is 47.1 Å². The van der Waals surface area contributed by atoms with Crippen LogP contribution in [0.15, 0.2) is 28.8 Å². The van der Waals surface area contributed by atoms with Crippen molar-refractivity contribution in [2.75, 3.05) is 13.1 Å². The number of fused-ring (bicyclic) bond motifs is 1. The highest BCUT2D eigenvalue weighted by atomic mass is 16.5. The lowest BCUT2D eigenvalue weighted by Crippen LogP contribution is -2.47. The van der Waals surface area contributed by atoms with E-state index in [1.54, 1.807) is 0 Å². The summed E-state index contributed by atoms with van der Waals surface area (Å²) in [6.45, 7) is 9.10. The Morgan fingerprint density at radius 1 is 1.18 bits per heavy atom. The molecule has 0 unspecified atom stereocenters. The first-order valence-corrected chi connectivity index (χ1v) is 7.71. The molecule has 5 nitrogen and oxygen atoms in total. The zero-order valence-electron chi connectivity index (χ0n) is 13.2. The summed E-state index contributed by atoms with van der Waals surface area (Å²) in [4.78, 5) is 7.10. The minimum absolute atomic E-state index is 0.507. The van der Waals surface area contributed by atoms with Crippen LogP contribution < -0.4 is 0 Å². The molecule has 0 radical (unpaired) electrons. The number of hydrogen-bond donors (Lipinski definition) is 0. The summed E-state index contributed by atoms with van der Waals surface area (Å²) in [5.74, 6) is 2.04. The fraction of sp³-hybridized carbons (Fsp3) is 0.412. The second-order valence-corrected chi connectivity index (χ2v) is 6.17. The van der Waals surface area contributed by atoms with Crippen LogP contribution in [0.2, 0.25) is 0 Å². The van der Waals surface area contributed by atoms with Gasteiger partial charge in [0.15, 0.2) is 0 Å². The molecule has 0 amide bonds. The first-order chi connectivity index (χ1) is 10.6. The molecule has 0 aliphatic carbocycles. The highest BCUT2D eigenvalue weighted by Crippen LogP contribution is 2.29. The fourth-order valence-electron chi connectivity index (χ4n) is 3.41. The largest absolute Gasteiger partial charge is 0.361 e. The van der Waals surface area contributed by atoms with E-state index in [-0.39, 0.29) is 0 Å². The van der Waals surface area contributed by atoms with Crippen LogP contribution in [0.4, 0.5) is 0 Å². The lowest BCUT2D eigenvalue weighted by atomic mass is 10.1. The van der Waals surface area contributed by atoms with Gasteiger partial charge in [-0.1, -0.05) is 17.3 Å². The first kappa shape index (κ1) is 13.5. The summed E-state index contributed by atoms with van der Waals surface area (Å²) >= 11 is 0. The average molecular weight is 296 g/mol. The molecule has 3 heterocycles. The minimum atomic E-state index is 0.507. The van der Waals surface area contributed by atoms with E-state index in [9.17, 15) is 0 Å². The summed E-state index contributed by atoms with van der Waals surface area (Å²) in [5.41, 5.74) is 4.56. The number of aryl methyl sites for hydroxylation is 3. The lowest BCUT2D eigenvalue weighted by molar-refractivity contribution is 0.0993. The van der Waals surface area contributed by atoms with Crippen LogP contribution in [-0.2, 0) is 6.54 Å². The van der Waals surface area contributed by atoms with Crippen molar-refractivity contribution < 1.29 is 4.52 Å². The van der Waals surface area contributed by atoms with Crippen molar-refractivity contribution in [3.8, 4) is 0 Å². The van der Waals surface area contributed by atoms with Gasteiger partial charge in [-0.15, -0.1) is 0 Å². The van der Waals surface area contributed by atoms with Crippen molar-refractivity contribution >= 4 is 11.0 Å². The number of hydrogen-bond acceptors (Lipinski definition) is 4.